The van der Waals surface area contributed by atoms with E-state index in [1.807, 2.05) is 0 Å². The highest BCUT2D eigenvalue weighted by Gasteiger charge is 2.49. The quantitative estimate of drug-likeness (QED) is 0.121. The highest BCUT2D eigenvalue weighted by Crippen LogP contribution is 2.35. The molecule has 27 heteroatoms. The molecule has 0 bridgehead atoms. The van der Waals surface area contributed by atoms with Crippen LogP contribution in [0.5, 0.6) is 0 Å². The van der Waals surface area contributed by atoms with E-state index in [1.165, 1.54) is 18.2 Å². The van der Waals surface area contributed by atoms with Crippen LogP contribution in [0.3, 0.4) is 0 Å². The first-order chi connectivity index (χ1) is 34.2. The number of carboxylic acids is 6. The molecule has 0 aromatic carbocycles. The van der Waals surface area contributed by atoms with Crippen LogP contribution in [0.15, 0.2) is 34.9 Å². The molecule has 6 rings (SSSR count). The number of carbonyl (C=O) groups is 6. The maximum absolute atomic E-state index is 10.6. The van der Waals surface area contributed by atoms with Crippen LogP contribution in [-0.4, -0.2) is 233 Å². The molecule has 6 aliphatic carbocycles. The molecule has 432 valence electrons. The normalized spacial score (nSPS) is 41.2. The van der Waals surface area contributed by atoms with E-state index < -0.39 is 138 Å². The summed E-state index contributed by atoms with van der Waals surface area (Å²) in [5.74, 6) is -9.17. The summed E-state index contributed by atoms with van der Waals surface area (Å²) in [7, 11) is 0. The van der Waals surface area contributed by atoms with Crippen LogP contribution in [0.2, 0.25) is 0 Å². The SMILES string of the molecule is CC1C(O)C=C(C(=O)O)CC1O.CC1C(O)CC(O)(C(=O)O)CC1O.CC1C=C(C(=O)O)CC(O)C1O.CC1CC(C(=O)O)=CC(O)C1O.CC1CC(O)(C(=O)O)CC(O)C1O.CC1CC(O)(C(=O)O)CC(O)C1O. The molecule has 21 N–H and O–H groups in total. The second kappa shape index (κ2) is 28.7. The summed E-state index contributed by atoms with van der Waals surface area (Å²) in [6.07, 6.45) is -8.10. The van der Waals surface area contributed by atoms with Crippen LogP contribution in [0.1, 0.15) is 99.3 Å². The van der Waals surface area contributed by atoms with Gasteiger partial charge in [0.05, 0.1) is 73.2 Å². The average Bonchev–Trinajstić information content (AvgIpc) is 3.29. The molecule has 0 aromatic heterocycles. The molecule has 0 aliphatic heterocycles. The van der Waals surface area contributed by atoms with Crippen LogP contribution in [0.4, 0.5) is 0 Å². The Hall–Kier alpha value is -4.56. The lowest BCUT2D eigenvalue weighted by Gasteiger charge is -2.38. The van der Waals surface area contributed by atoms with E-state index in [9.17, 15) is 105 Å². The molecule has 19 unspecified atom stereocenters. The standard InChI is InChI=1S/3C8H14O5.3C8H12O4/c1-4-5(9)2-8(13,7(11)12)3-6(4)10;2*1-4-2-8(13,7(11)12)3-5(9)6(4)10;1-4-6(9)2-5(8(11)12)3-7(4)10;2*1-4-2-5(8(11)12)3-6(9)7(4)10/h3*4-6,9-10,13H,2-3H2,1H3,(H,11,12);2,4,6-7,9-10H,3H2,1H3,(H,11,12);3-4,6-7,9-10H,2H2,1H3,(H,11,12);2,4,6-7,9-10H,3H2,1H3,(H,11,12). The zero-order valence-corrected chi connectivity index (χ0v) is 42.3. The fraction of sp³-hybridized carbons (Fsp3) is 0.750. The monoisotopic (exact) mass is 1090 g/mol. The van der Waals surface area contributed by atoms with Gasteiger partial charge in [0.15, 0.2) is 16.8 Å². The van der Waals surface area contributed by atoms with E-state index >= 15 is 0 Å². The zero-order valence-electron chi connectivity index (χ0n) is 42.3. The Balaban J connectivity index is 0.000000450. The minimum Gasteiger partial charge on any atom is -0.479 e. The number of rotatable bonds is 6. The number of carboxylic acid groups (broad SMARTS) is 6. The maximum Gasteiger partial charge on any atom is 0.335 e. The van der Waals surface area contributed by atoms with Crippen LogP contribution < -0.4 is 0 Å². The first-order valence-corrected chi connectivity index (χ1v) is 24.0. The molecular formula is C48H78O27. The molecule has 19 atom stereocenters. The average molecular weight is 1090 g/mol. The lowest BCUT2D eigenvalue weighted by Crippen LogP contribution is -2.53. The minimum atomic E-state index is -1.98. The fourth-order valence-corrected chi connectivity index (χ4v) is 8.99. The molecule has 0 radical (unpaired) electrons. The number of hydrogen-bond acceptors (Lipinski definition) is 21. The van der Waals surface area contributed by atoms with Gasteiger partial charge in [-0.25, -0.2) is 28.8 Å². The van der Waals surface area contributed by atoms with E-state index in [-0.39, 0.29) is 91.8 Å². The van der Waals surface area contributed by atoms with Crippen molar-refractivity contribution >= 4 is 35.8 Å². The first-order valence-electron chi connectivity index (χ1n) is 24.0. The van der Waals surface area contributed by atoms with Crippen molar-refractivity contribution in [3.8, 4) is 0 Å². The van der Waals surface area contributed by atoms with E-state index in [2.05, 4.69) is 0 Å². The largest absolute Gasteiger partial charge is 0.479 e. The van der Waals surface area contributed by atoms with Gasteiger partial charge in [-0.2, -0.15) is 0 Å². The van der Waals surface area contributed by atoms with Crippen LogP contribution in [-0.2, 0) is 28.8 Å². The van der Waals surface area contributed by atoms with Gasteiger partial charge in [-0.15, -0.1) is 0 Å². The number of aliphatic hydroxyl groups is 15. The number of aliphatic hydroxyl groups excluding tert-OH is 12. The van der Waals surface area contributed by atoms with Crippen molar-refractivity contribution in [2.45, 2.75) is 189 Å². The molecule has 3 saturated carbocycles. The lowest BCUT2D eigenvalue weighted by molar-refractivity contribution is -0.178. The Bertz CT molecular complexity index is 1780. The Labute approximate surface area is 430 Å². The van der Waals surface area contributed by atoms with E-state index in [0.29, 0.717) is 6.42 Å². The second-order valence-electron chi connectivity index (χ2n) is 20.7. The molecule has 3 fully saturated rings. The topological polar surface area (TPSA) is 527 Å². The van der Waals surface area contributed by atoms with Gasteiger partial charge in [-0.3, -0.25) is 0 Å². The Morgan fingerprint density at radius 1 is 0.360 bits per heavy atom. The zero-order chi connectivity index (χ0) is 58.6. The third-order valence-electron chi connectivity index (χ3n) is 14.3. The van der Waals surface area contributed by atoms with Gasteiger partial charge in [0, 0.05) is 73.0 Å². The molecule has 0 saturated heterocycles. The summed E-state index contributed by atoms with van der Waals surface area (Å²) >= 11 is 0. The molecule has 27 nitrogen and oxygen atoms in total. The van der Waals surface area contributed by atoms with Gasteiger partial charge < -0.3 is 107 Å². The summed E-state index contributed by atoms with van der Waals surface area (Å²) < 4.78 is 0. The smallest absolute Gasteiger partial charge is 0.335 e. The summed E-state index contributed by atoms with van der Waals surface area (Å²) in [5, 5.41) is 192. The highest BCUT2D eigenvalue weighted by atomic mass is 16.4. The Kier molecular flexibility index (Phi) is 26.2. The van der Waals surface area contributed by atoms with Crippen molar-refractivity contribution in [1.29, 1.82) is 0 Å². The summed E-state index contributed by atoms with van der Waals surface area (Å²) in [4.78, 5) is 63.3. The van der Waals surface area contributed by atoms with Crippen molar-refractivity contribution in [3.63, 3.8) is 0 Å². The van der Waals surface area contributed by atoms with Crippen LogP contribution in [0, 0.1) is 35.5 Å². The third kappa shape index (κ3) is 19.4. The number of aliphatic carboxylic acids is 6. The van der Waals surface area contributed by atoms with Gasteiger partial charge in [-0.05, 0) is 49.2 Å². The summed E-state index contributed by atoms with van der Waals surface area (Å²) in [6, 6.07) is 0. The van der Waals surface area contributed by atoms with Gasteiger partial charge in [0.2, 0.25) is 0 Å². The predicted molar refractivity (Wildman–Crippen MR) is 254 cm³/mol. The van der Waals surface area contributed by atoms with Crippen LogP contribution >= 0.6 is 0 Å². The van der Waals surface area contributed by atoms with E-state index in [1.54, 1.807) is 41.5 Å². The fourth-order valence-electron chi connectivity index (χ4n) is 8.99. The maximum atomic E-state index is 10.6. The second-order valence-corrected chi connectivity index (χ2v) is 20.7. The van der Waals surface area contributed by atoms with Gasteiger partial charge in [0.25, 0.3) is 0 Å². The molecule has 75 heavy (non-hydrogen) atoms. The molecule has 0 heterocycles. The van der Waals surface area contributed by atoms with Gasteiger partial charge in [-0.1, -0.05) is 47.6 Å². The van der Waals surface area contributed by atoms with E-state index in [4.69, 9.17) is 30.6 Å². The molecule has 0 aromatic rings. The molecule has 0 spiro atoms. The molecular weight excluding hydrogens is 1010 g/mol. The molecule has 0 amide bonds. The summed E-state index contributed by atoms with van der Waals surface area (Å²) in [5.41, 5.74) is -5.31. The molecule has 6 aliphatic rings. The van der Waals surface area contributed by atoms with Gasteiger partial charge >= 0.3 is 35.8 Å². The minimum absolute atomic E-state index is 0.0272. The number of hydrogen-bond donors (Lipinski definition) is 21. The van der Waals surface area contributed by atoms with Crippen molar-refractivity contribution in [2.24, 2.45) is 35.5 Å². The highest BCUT2D eigenvalue weighted by molar-refractivity contribution is 5.88. The Morgan fingerprint density at radius 2 is 0.680 bits per heavy atom. The lowest BCUT2D eigenvalue weighted by atomic mass is 9.75. The van der Waals surface area contributed by atoms with Crippen LogP contribution in [0.25, 0.3) is 0 Å². The summed E-state index contributed by atoms with van der Waals surface area (Å²) in [6.45, 7) is 9.89. The van der Waals surface area contributed by atoms with Crippen molar-refractivity contribution in [3.05, 3.63) is 34.9 Å². The predicted octanol–water partition coefficient (Wildman–Crippen LogP) is -3.86. The Morgan fingerprint density at radius 3 is 1.00 bits per heavy atom. The van der Waals surface area contributed by atoms with Crippen molar-refractivity contribution < 1.29 is 136 Å². The van der Waals surface area contributed by atoms with Crippen molar-refractivity contribution in [2.75, 3.05) is 0 Å². The van der Waals surface area contributed by atoms with E-state index in [0.717, 1.165) is 0 Å². The van der Waals surface area contributed by atoms with Gasteiger partial charge in [0.1, 0.15) is 0 Å². The van der Waals surface area contributed by atoms with Crippen molar-refractivity contribution in [1.82, 2.24) is 0 Å². The first kappa shape index (κ1) is 68.5. The third-order valence-corrected chi connectivity index (χ3v) is 14.3.